The van der Waals surface area contributed by atoms with Crippen LogP contribution in [0.5, 0.6) is 5.75 Å². The Hall–Kier alpha value is -3.48. The number of nitrogens with zero attached hydrogens (tertiary/aromatic N) is 1. The molecule has 1 saturated heterocycles. The SMILES string of the molecule is Cc1ccc(/C=C2/C(=O)NC(=O)N(CCc3ccc(F)cc3)C2=O)cc1O. The minimum absolute atomic E-state index is 0.0391. The van der Waals surface area contributed by atoms with Crippen LogP contribution in [0, 0.1) is 12.7 Å². The molecule has 0 atom stereocenters. The van der Waals surface area contributed by atoms with Gasteiger partial charge in [-0.25, -0.2) is 9.18 Å². The van der Waals surface area contributed by atoms with Gasteiger partial charge in [0.2, 0.25) is 0 Å². The molecule has 0 aromatic heterocycles. The number of urea groups is 1. The van der Waals surface area contributed by atoms with E-state index in [1.54, 1.807) is 31.2 Å². The van der Waals surface area contributed by atoms with Crippen LogP contribution in [-0.4, -0.2) is 34.4 Å². The Morgan fingerprint density at radius 1 is 1.11 bits per heavy atom. The molecule has 2 aromatic rings. The van der Waals surface area contributed by atoms with E-state index in [4.69, 9.17) is 0 Å². The Morgan fingerprint density at radius 3 is 2.48 bits per heavy atom. The van der Waals surface area contributed by atoms with Crippen molar-refractivity contribution in [3.63, 3.8) is 0 Å². The van der Waals surface area contributed by atoms with Crippen molar-refractivity contribution in [2.24, 2.45) is 0 Å². The summed E-state index contributed by atoms with van der Waals surface area (Å²) < 4.78 is 13.0. The molecule has 0 aliphatic carbocycles. The second kappa shape index (κ2) is 7.41. The van der Waals surface area contributed by atoms with E-state index in [0.717, 1.165) is 10.5 Å². The van der Waals surface area contributed by atoms with Crippen LogP contribution in [0.4, 0.5) is 9.18 Å². The van der Waals surface area contributed by atoms with Gasteiger partial charge in [-0.1, -0.05) is 24.3 Å². The van der Waals surface area contributed by atoms with Crippen molar-refractivity contribution in [2.45, 2.75) is 13.3 Å². The van der Waals surface area contributed by atoms with E-state index in [0.29, 0.717) is 17.5 Å². The summed E-state index contributed by atoms with van der Waals surface area (Å²) in [5.41, 5.74) is 1.68. The molecule has 3 rings (SSSR count). The number of rotatable bonds is 4. The first-order valence-electron chi connectivity index (χ1n) is 8.28. The first-order valence-corrected chi connectivity index (χ1v) is 8.28. The van der Waals surface area contributed by atoms with Crippen molar-refractivity contribution in [2.75, 3.05) is 6.54 Å². The van der Waals surface area contributed by atoms with Gasteiger partial charge in [0, 0.05) is 6.54 Å². The number of benzene rings is 2. The second-order valence-corrected chi connectivity index (χ2v) is 6.20. The van der Waals surface area contributed by atoms with Crippen molar-refractivity contribution in [1.29, 1.82) is 0 Å². The number of halogens is 1. The van der Waals surface area contributed by atoms with Crippen molar-refractivity contribution in [3.05, 3.63) is 70.5 Å². The number of phenolic OH excluding ortho intramolecular Hbond substituents is 1. The van der Waals surface area contributed by atoms with Crippen LogP contribution in [-0.2, 0) is 16.0 Å². The largest absolute Gasteiger partial charge is 0.508 e. The molecule has 27 heavy (non-hydrogen) atoms. The quantitative estimate of drug-likeness (QED) is 0.641. The van der Waals surface area contributed by atoms with Gasteiger partial charge >= 0.3 is 6.03 Å². The molecule has 138 valence electrons. The molecule has 0 unspecified atom stereocenters. The van der Waals surface area contributed by atoms with Crippen LogP contribution < -0.4 is 5.32 Å². The molecule has 7 heteroatoms. The highest BCUT2D eigenvalue weighted by molar-refractivity contribution is 6.31. The van der Waals surface area contributed by atoms with E-state index in [9.17, 15) is 23.9 Å². The number of hydrogen-bond acceptors (Lipinski definition) is 4. The molecule has 0 spiro atoms. The van der Waals surface area contributed by atoms with Crippen LogP contribution in [0.25, 0.3) is 6.08 Å². The molecule has 2 aromatic carbocycles. The van der Waals surface area contributed by atoms with E-state index in [1.165, 1.54) is 24.3 Å². The van der Waals surface area contributed by atoms with Crippen molar-refractivity contribution in [1.82, 2.24) is 10.2 Å². The molecular weight excluding hydrogens is 351 g/mol. The number of barbiturate groups is 1. The van der Waals surface area contributed by atoms with Crippen molar-refractivity contribution in [3.8, 4) is 5.75 Å². The zero-order chi connectivity index (χ0) is 19.6. The predicted octanol–water partition coefficient (Wildman–Crippen LogP) is 2.54. The van der Waals surface area contributed by atoms with Gasteiger partial charge in [0.1, 0.15) is 17.1 Å². The van der Waals surface area contributed by atoms with E-state index in [-0.39, 0.29) is 23.7 Å². The average Bonchev–Trinajstić information content (AvgIpc) is 2.63. The lowest BCUT2D eigenvalue weighted by atomic mass is 10.0. The Morgan fingerprint density at radius 2 is 1.81 bits per heavy atom. The highest BCUT2D eigenvalue weighted by Gasteiger charge is 2.35. The summed E-state index contributed by atoms with van der Waals surface area (Å²) in [4.78, 5) is 37.7. The van der Waals surface area contributed by atoms with Crippen LogP contribution in [0.3, 0.4) is 0 Å². The number of amides is 4. The van der Waals surface area contributed by atoms with Gasteiger partial charge in [-0.3, -0.25) is 19.8 Å². The molecule has 4 amide bonds. The maximum atomic E-state index is 13.0. The number of imide groups is 2. The topological polar surface area (TPSA) is 86.7 Å². The fourth-order valence-electron chi connectivity index (χ4n) is 2.67. The molecule has 6 nitrogen and oxygen atoms in total. The van der Waals surface area contributed by atoms with E-state index in [2.05, 4.69) is 5.32 Å². The normalized spacial score (nSPS) is 16.0. The fourth-order valence-corrected chi connectivity index (χ4v) is 2.67. The van der Waals surface area contributed by atoms with E-state index < -0.39 is 17.8 Å². The highest BCUT2D eigenvalue weighted by Crippen LogP contribution is 2.21. The lowest BCUT2D eigenvalue weighted by Gasteiger charge is -2.26. The molecular formula is C20H17FN2O4. The summed E-state index contributed by atoms with van der Waals surface area (Å²) in [6, 6.07) is 9.68. The van der Waals surface area contributed by atoms with Crippen LogP contribution in [0.1, 0.15) is 16.7 Å². The molecule has 1 aliphatic heterocycles. The van der Waals surface area contributed by atoms with Crippen molar-refractivity contribution < 1.29 is 23.9 Å². The number of phenols is 1. The van der Waals surface area contributed by atoms with Gasteiger partial charge in [0.05, 0.1) is 0 Å². The van der Waals surface area contributed by atoms with Gasteiger partial charge in [0.25, 0.3) is 11.8 Å². The zero-order valence-electron chi connectivity index (χ0n) is 14.5. The Balaban J connectivity index is 1.81. The van der Waals surface area contributed by atoms with Gasteiger partial charge < -0.3 is 5.11 Å². The summed E-state index contributed by atoms with van der Waals surface area (Å²) in [7, 11) is 0. The van der Waals surface area contributed by atoms with Gasteiger partial charge in [0.15, 0.2) is 0 Å². The van der Waals surface area contributed by atoms with Crippen molar-refractivity contribution >= 4 is 23.9 Å². The maximum Gasteiger partial charge on any atom is 0.331 e. The van der Waals surface area contributed by atoms with Gasteiger partial charge in [-0.05, 0) is 54.3 Å². The Labute approximate surface area is 154 Å². The summed E-state index contributed by atoms with van der Waals surface area (Å²) in [6.07, 6.45) is 1.65. The lowest BCUT2D eigenvalue weighted by molar-refractivity contribution is -0.130. The van der Waals surface area contributed by atoms with Gasteiger partial charge in [-0.2, -0.15) is 0 Å². The Bertz CT molecular complexity index is 951. The standard InChI is InChI=1S/C20H17FN2O4/c1-12-2-3-14(11-17(12)24)10-16-18(25)22-20(27)23(19(16)26)9-8-13-4-6-15(21)7-5-13/h2-7,10-11,24H,8-9H2,1H3,(H,22,25,27)/b16-10-. The molecule has 1 aliphatic rings. The Kier molecular flexibility index (Phi) is 5.03. The summed E-state index contributed by atoms with van der Waals surface area (Å²) in [6.45, 7) is 1.76. The first-order chi connectivity index (χ1) is 12.8. The number of aromatic hydroxyl groups is 1. The van der Waals surface area contributed by atoms with E-state index >= 15 is 0 Å². The summed E-state index contributed by atoms with van der Waals surface area (Å²) in [5.74, 6) is -1.84. The number of aryl methyl sites for hydroxylation is 1. The third-order valence-corrected chi connectivity index (χ3v) is 4.27. The third-order valence-electron chi connectivity index (χ3n) is 4.27. The van der Waals surface area contributed by atoms with Crippen LogP contribution in [0.2, 0.25) is 0 Å². The number of hydrogen-bond donors (Lipinski definition) is 2. The molecule has 0 saturated carbocycles. The second-order valence-electron chi connectivity index (χ2n) is 6.20. The third kappa shape index (κ3) is 4.03. The molecule has 0 radical (unpaired) electrons. The number of nitrogens with one attached hydrogen (secondary N) is 1. The van der Waals surface area contributed by atoms with Gasteiger partial charge in [-0.15, -0.1) is 0 Å². The first kappa shape index (κ1) is 18.3. The van der Waals surface area contributed by atoms with Crippen LogP contribution >= 0.6 is 0 Å². The number of carbonyl (C=O) groups excluding carboxylic acids is 3. The van der Waals surface area contributed by atoms with E-state index in [1.807, 2.05) is 0 Å². The fraction of sp³-hybridized carbons (Fsp3) is 0.150. The maximum absolute atomic E-state index is 13.0. The summed E-state index contributed by atoms with van der Waals surface area (Å²) >= 11 is 0. The monoisotopic (exact) mass is 368 g/mol. The molecule has 1 fully saturated rings. The summed E-state index contributed by atoms with van der Waals surface area (Å²) in [5, 5.41) is 11.9. The molecule has 1 heterocycles. The molecule has 0 bridgehead atoms. The number of carbonyl (C=O) groups is 3. The lowest BCUT2D eigenvalue weighted by Crippen LogP contribution is -2.54. The zero-order valence-corrected chi connectivity index (χ0v) is 14.5. The minimum atomic E-state index is -0.795. The predicted molar refractivity (Wildman–Crippen MR) is 96.2 cm³/mol. The minimum Gasteiger partial charge on any atom is -0.508 e. The molecule has 2 N–H and O–H groups in total. The smallest absolute Gasteiger partial charge is 0.331 e. The highest BCUT2D eigenvalue weighted by atomic mass is 19.1. The average molecular weight is 368 g/mol. The van der Waals surface area contributed by atoms with Crippen LogP contribution in [0.15, 0.2) is 48.0 Å².